The predicted molar refractivity (Wildman–Crippen MR) is 91.0 cm³/mol. The first-order valence-corrected chi connectivity index (χ1v) is 7.42. The van der Waals surface area contributed by atoms with Crippen LogP contribution in [0.5, 0.6) is 5.75 Å². The molecule has 8 heteroatoms. The van der Waals surface area contributed by atoms with E-state index in [1.54, 1.807) is 42.7 Å². The summed E-state index contributed by atoms with van der Waals surface area (Å²) in [5, 5.41) is 19.1. The Morgan fingerprint density at radius 2 is 2.08 bits per heavy atom. The number of carbonyl (C=O) groups excluding carboxylic acids is 1. The molecular weight excluding hydrogens is 320 g/mol. The van der Waals surface area contributed by atoms with Crippen LogP contribution in [0.4, 0.5) is 5.82 Å². The third kappa shape index (κ3) is 2.88. The smallest absolute Gasteiger partial charge is 0.258 e. The molecule has 0 aliphatic rings. The van der Waals surface area contributed by atoms with Crippen LogP contribution in [0.3, 0.4) is 0 Å². The lowest BCUT2D eigenvalue weighted by Crippen LogP contribution is -2.12. The van der Waals surface area contributed by atoms with E-state index in [2.05, 4.69) is 30.5 Å². The molecule has 3 aromatic heterocycles. The molecule has 0 bridgehead atoms. The molecule has 1 aromatic carbocycles. The summed E-state index contributed by atoms with van der Waals surface area (Å²) in [6, 6.07) is 10.0. The molecule has 3 heterocycles. The summed E-state index contributed by atoms with van der Waals surface area (Å²) in [7, 11) is 0. The van der Waals surface area contributed by atoms with Gasteiger partial charge in [-0.15, -0.1) is 0 Å². The van der Waals surface area contributed by atoms with Gasteiger partial charge in [-0.05, 0) is 24.3 Å². The molecule has 0 atom stereocenters. The third-order valence-corrected chi connectivity index (χ3v) is 3.57. The number of benzene rings is 1. The highest BCUT2D eigenvalue weighted by molar-refractivity contribution is 6.06. The van der Waals surface area contributed by atoms with Gasteiger partial charge in [0.25, 0.3) is 5.91 Å². The number of anilines is 1. The van der Waals surface area contributed by atoms with Crippen LogP contribution in [-0.2, 0) is 0 Å². The van der Waals surface area contributed by atoms with E-state index in [1.807, 2.05) is 6.07 Å². The van der Waals surface area contributed by atoms with Crippen molar-refractivity contribution >= 4 is 22.9 Å². The zero-order chi connectivity index (χ0) is 17.2. The van der Waals surface area contributed by atoms with Gasteiger partial charge in [0.15, 0.2) is 11.3 Å². The van der Waals surface area contributed by atoms with Gasteiger partial charge in [-0.25, -0.2) is 9.97 Å². The highest BCUT2D eigenvalue weighted by Crippen LogP contribution is 2.24. The first-order valence-electron chi connectivity index (χ1n) is 7.42. The van der Waals surface area contributed by atoms with Crippen molar-refractivity contribution in [2.24, 2.45) is 0 Å². The number of aromatic amines is 1. The van der Waals surface area contributed by atoms with Gasteiger partial charge in [0.1, 0.15) is 5.75 Å². The number of pyridine rings is 1. The van der Waals surface area contributed by atoms with Gasteiger partial charge in [-0.2, -0.15) is 5.10 Å². The normalized spacial score (nSPS) is 10.7. The molecule has 3 N–H and O–H groups in total. The van der Waals surface area contributed by atoms with E-state index in [-0.39, 0.29) is 11.7 Å². The van der Waals surface area contributed by atoms with Crippen molar-refractivity contribution in [2.75, 3.05) is 5.32 Å². The molecule has 0 aliphatic heterocycles. The van der Waals surface area contributed by atoms with E-state index >= 15 is 0 Å². The molecule has 0 radical (unpaired) electrons. The number of nitrogens with zero attached hydrogens (tertiary/aromatic N) is 4. The number of amides is 1. The van der Waals surface area contributed by atoms with E-state index in [9.17, 15) is 9.90 Å². The van der Waals surface area contributed by atoms with Crippen LogP contribution in [0.25, 0.3) is 22.4 Å². The second-order valence-electron chi connectivity index (χ2n) is 5.27. The van der Waals surface area contributed by atoms with Gasteiger partial charge in [0.2, 0.25) is 5.65 Å². The largest absolute Gasteiger partial charge is 0.508 e. The minimum absolute atomic E-state index is 0.136. The van der Waals surface area contributed by atoms with Crippen molar-refractivity contribution in [3.05, 3.63) is 60.6 Å². The zero-order valence-corrected chi connectivity index (χ0v) is 12.8. The van der Waals surface area contributed by atoms with Gasteiger partial charge in [0.05, 0.1) is 17.5 Å². The molecule has 4 aromatic rings. The average Bonchev–Trinajstić information content (AvgIpc) is 3.04. The SMILES string of the molecule is O=C(Nc1[nH]nc2ncc(-c3cccc(O)c3)nc12)c1cccnc1. The van der Waals surface area contributed by atoms with Crippen molar-refractivity contribution in [1.29, 1.82) is 0 Å². The number of hydrogen-bond donors (Lipinski definition) is 3. The summed E-state index contributed by atoms with van der Waals surface area (Å²) in [4.78, 5) is 24.9. The Hall–Kier alpha value is -3.81. The lowest BCUT2D eigenvalue weighted by molar-refractivity contribution is 0.102. The summed E-state index contributed by atoms with van der Waals surface area (Å²) in [6.45, 7) is 0. The third-order valence-electron chi connectivity index (χ3n) is 3.57. The summed E-state index contributed by atoms with van der Waals surface area (Å²) in [6.07, 6.45) is 4.62. The van der Waals surface area contributed by atoms with E-state index in [4.69, 9.17) is 0 Å². The number of nitrogens with one attached hydrogen (secondary N) is 2. The highest BCUT2D eigenvalue weighted by atomic mass is 16.3. The fourth-order valence-corrected chi connectivity index (χ4v) is 2.37. The first-order chi connectivity index (χ1) is 12.2. The number of rotatable bonds is 3. The van der Waals surface area contributed by atoms with E-state index in [0.717, 1.165) is 0 Å². The van der Waals surface area contributed by atoms with E-state index < -0.39 is 0 Å². The Morgan fingerprint density at radius 3 is 2.88 bits per heavy atom. The van der Waals surface area contributed by atoms with Gasteiger partial charge in [0, 0.05) is 18.0 Å². The zero-order valence-electron chi connectivity index (χ0n) is 12.8. The second-order valence-corrected chi connectivity index (χ2v) is 5.27. The molecule has 8 nitrogen and oxygen atoms in total. The fraction of sp³-hybridized carbons (Fsp3) is 0. The molecule has 0 fully saturated rings. The minimum Gasteiger partial charge on any atom is -0.508 e. The topological polar surface area (TPSA) is 117 Å². The maximum atomic E-state index is 12.3. The molecule has 0 saturated carbocycles. The molecule has 4 rings (SSSR count). The Morgan fingerprint density at radius 1 is 1.16 bits per heavy atom. The monoisotopic (exact) mass is 332 g/mol. The Balaban J connectivity index is 1.71. The van der Waals surface area contributed by atoms with Crippen LogP contribution < -0.4 is 5.32 Å². The highest BCUT2D eigenvalue weighted by Gasteiger charge is 2.14. The maximum absolute atomic E-state index is 12.3. The molecule has 122 valence electrons. The van der Waals surface area contributed by atoms with Gasteiger partial charge >= 0.3 is 0 Å². The predicted octanol–water partition coefficient (Wildman–Crippen LogP) is 2.37. The quantitative estimate of drug-likeness (QED) is 0.530. The summed E-state index contributed by atoms with van der Waals surface area (Å²) in [5.74, 6) is 0.151. The average molecular weight is 332 g/mol. The molecule has 25 heavy (non-hydrogen) atoms. The van der Waals surface area contributed by atoms with Crippen LogP contribution in [0.2, 0.25) is 0 Å². The number of H-pyrrole nitrogens is 1. The van der Waals surface area contributed by atoms with E-state index in [1.165, 1.54) is 6.20 Å². The molecular formula is C17H12N6O2. The van der Waals surface area contributed by atoms with Gasteiger partial charge in [-0.1, -0.05) is 12.1 Å². The van der Waals surface area contributed by atoms with Crippen molar-refractivity contribution in [1.82, 2.24) is 25.1 Å². The first kappa shape index (κ1) is 14.8. The lowest BCUT2D eigenvalue weighted by Gasteiger charge is -2.04. The molecule has 0 unspecified atom stereocenters. The number of hydrogen-bond acceptors (Lipinski definition) is 6. The van der Waals surface area contributed by atoms with Crippen LogP contribution in [-0.4, -0.2) is 36.2 Å². The number of aromatic hydroxyl groups is 1. The number of carbonyl (C=O) groups is 1. The van der Waals surface area contributed by atoms with Crippen molar-refractivity contribution in [3.63, 3.8) is 0 Å². The van der Waals surface area contributed by atoms with Crippen LogP contribution in [0.15, 0.2) is 55.0 Å². The van der Waals surface area contributed by atoms with Crippen LogP contribution >= 0.6 is 0 Å². The molecule has 0 saturated heterocycles. The number of aromatic nitrogens is 5. The maximum Gasteiger partial charge on any atom is 0.258 e. The van der Waals surface area contributed by atoms with Gasteiger partial charge < -0.3 is 10.4 Å². The fourth-order valence-electron chi connectivity index (χ4n) is 2.37. The Bertz CT molecular complexity index is 1060. The van der Waals surface area contributed by atoms with E-state index in [0.29, 0.717) is 33.8 Å². The van der Waals surface area contributed by atoms with Crippen LogP contribution in [0.1, 0.15) is 10.4 Å². The Labute approximate surface area is 141 Å². The van der Waals surface area contributed by atoms with Gasteiger partial charge in [-0.3, -0.25) is 14.9 Å². The second kappa shape index (κ2) is 6.00. The summed E-state index contributed by atoms with van der Waals surface area (Å²) in [5.41, 5.74) is 2.49. The van der Waals surface area contributed by atoms with Crippen molar-refractivity contribution < 1.29 is 9.90 Å². The molecule has 1 amide bonds. The number of phenolic OH excluding ortho intramolecular Hbond substituents is 1. The number of phenols is 1. The number of fused-ring (bicyclic) bond motifs is 1. The standard InChI is InChI=1S/C17H12N6O2/c24-12-5-1-3-10(7-12)13-9-19-15-14(20-13)16(23-22-15)21-17(25)11-4-2-6-18-8-11/h1-9,24H,(H2,19,21,22,23,25). The molecule has 0 spiro atoms. The summed E-state index contributed by atoms with van der Waals surface area (Å²) < 4.78 is 0. The lowest BCUT2D eigenvalue weighted by atomic mass is 10.1. The van der Waals surface area contributed by atoms with Crippen molar-refractivity contribution in [2.45, 2.75) is 0 Å². The van der Waals surface area contributed by atoms with Crippen LogP contribution in [0, 0.1) is 0 Å². The molecule has 0 aliphatic carbocycles. The Kier molecular flexibility index (Phi) is 3.55. The minimum atomic E-state index is -0.330. The van der Waals surface area contributed by atoms with Crippen molar-refractivity contribution in [3.8, 4) is 17.0 Å². The summed E-state index contributed by atoms with van der Waals surface area (Å²) >= 11 is 0.